The summed E-state index contributed by atoms with van der Waals surface area (Å²) in [4.78, 5) is 52.1. The number of carboxylic acid groups (broad SMARTS) is 1. The number of nitrogens with zero attached hydrogens (tertiary/aromatic N) is 4. The van der Waals surface area contributed by atoms with Gasteiger partial charge in [-0.05, 0) is 12.0 Å². The number of fused-ring (bicyclic) bond motifs is 1. The van der Waals surface area contributed by atoms with Crippen LogP contribution in [0.5, 0.6) is 0 Å². The minimum Gasteiger partial charge on any atom is -0.477 e. The second kappa shape index (κ2) is 13.4. The van der Waals surface area contributed by atoms with E-state index < -0.39 is 29.2 Å². The highest BCUT2D eigenvalue weighted by Crippen LogP contribution is 2.41. The molecule has 2 atom stereocenters. The molecule has 1 aromatic rings. The van der Waals surface area contributed by atoms with Gasteiger partial charge in [-0.25, -0.2) is 9.78 Å². The molecule has 0 aromatic carbocycles. The first-order chi connectivity index (χ1) is 15.9. The number of rotatable bonds is 7. The van der Waals surface area contributed by atoms with Crippen molar-refractivity contribution in [2.24, 2.45) is 10.1 Å². The number of thioether (sulfide) groups is 2. The molecule has 11 N–H and O–H groups in total. The number of nitrogen functional groups attached to an aromatic ring is 1. The minimum atomic E-state index is -1.17. The van der Waals surface area contributed by atoms with Crippen LogP contribution in [0, 0.1) is 0 Å². The van der Waals surface area contributed by atoms with Crippen molar-refractivity contribution in [3.8, 4) is 0 Å². The highest BCUT2D eigenvalue weighted by molar-refractivity contribution is 8.14. The van der Waals surface area contributed by atoms with Crippen LogP contribution in [0.3, 0.4) is 0 Å². The van der Waals surface area contributed by atoms with Crippen molar-refractivity contribution in [3.05, 3.63) is 22.3 Å². The number of aliphatic carboxylic acids is 1. The molecule has 0 bridgehead atoms. The Morgan fingerprint density at radius 1 is 1.42 bits per heavy atom. The lowest BCUT2D eigenvalue weighted by Gasteiger charge is -2.49. The summed E-state index contributed by atoms with van der Waals surface area (Å²) in [6.07, 6.45) is 0.965. The molecular weight excluding hydrogens is 538 g/mol. The van der Waals surface area contributed by atoms with Gasteiger partial charge in [0.25, 0.3) is 11.8 Å². The molecule has 3 aliphatic rings. The van der Waals surface area contributed by atoms with Gasteiger partial charge < -0.3 is 42.7 Å². The lowest BCUT2D eigenvalue weighted by atomic mass is 10.0. The third-order valence-electron chi connectivity index (χ3n) is 4.95. The predicted octanol–water partition coefficient (Wildman–Crippen LogP) is -2.58. The summed E-state index contributed by atoms with van der Waals surface area (Å²) in [5.74, 6) is -1.51. The number of amidine groups is 1. The van der Waals surface area contributed by atoms with Crippen LogP contribution in [0.2, 0.25) is 0 Å². The van der Waals surface area contributed by atoms with Crippen molar-refractivity contribution in [3.63, 3.8) is 0 Å². The van der Waals surface area contributed by atoms with Gasteiger partial charge in [0, 0.05) is 30.0 Å². The summed E-state index contributed by atoms with van der Waals surface area (Å²) in [6, 6.07) is -0.895. The summed E-state index contributed by atoms with van der Waals surface area (Å²) < 4.78 is 0. The first-order valence-corrected chi connectivity index (χ1v) is 12.8. The molecule has 2 amide bonds. The van der Waals surface area contributed by atoms with Gasteiger partial charge in [-0.1, -0.05) is 16.9 Å². The molecule has 18 heteroatoms. The van der Waals surface area contributed by atoms with Gasteiger partial charge >= 0.3 is 5.97 Å². The van der Waals surface area contributed by atoms with Crippen molar-refractivity contribution in [1.82, 2.24) is 20.5 Å². The molecule has 1 saturated heterocycles. The number of aromatic nitrogens is 1. The predicted molar refractivity (Wildman–Crippen MR) is 138 cm³/mol. The monoisotopic (exact) mass is 565 g/mol. The summed E-state index contributed by atoms with van der Waals surface area (Å²) in [5.41, 5.74) is 6.34. The molecular formula is C18H27N7O8S3. The molecule has 36 heavy (non-hydrogen) atoms. The van der Waals surface area contributed by atoms with Crippen molar-refractivity contribution >= 4 is 68.7 Å². The summed E-state index contributed by atoms with van der Waals surface area (Å²) >= 11 is 3.96. The highest BCUT2D eigenvalue weighted by Gasteiger charge is 2.54. The number of nitrogens with one attached hydrogen (secondary N) is 2. The van der Waals surface area contributed by atoms with E-state index in [2.05, 4.69) is 25.8 Å². The van der Waals surface area contributed by atoms with Gasteiger partial charge in [-0.15, -0.1) is 23.1 Å². The number of hydrogen-bond donors (Lipinski definition) is 4. The molecule has 0 radical (unpaired) electrons. The SMILES string of the molecule is CON=C(C(=O)N[C@@H]1C(=O)N2C(C(=O)O)=C(CSC3=NCCCN3)CS[C@@H]12)c1csc(N)n1.O.O.O. The standard InChI is InChI=1S/C18H21N7O5S3.3H2O/c1-30-24-10(9-7-32-17(19)22-9)13(26)23-11-14(27)25-12(16(28)29)8(5-31-15(11)25)6-33-18-20-3-2-4-21-18;;;/h7,11,15H,2-6H2,1H3,(H2,19,22)(H,20,21)(H,23,26)(H,28,29);3*1H2/t11-,15+;;;/m1.../s1. The van der Waals surface area contributed by atoms with E-state index in [1.807, 2.05) is 0 Å². The normalized spacial score (nSPS) is 20.8. The van der Waals surface area contributed by atoms with Crippen LogP contribution < -0.4 is 16.4 Å². The Kier molecular flexibility index (Phi) is 11.6. The van der Waals surface area contributed by atoms with Crippen LogP contribution in [0.4, 0.5) is 5.13 Å². The molecule has 0 aliphatic carbocycles. The lowest BCUT2D eigenvalue weighted by molar-refractivity contribution is -0.150. The van der Waals surface area contributed by atoms with Gasteiger partial charge in [-0.3, -0.25) is 19.5 Å². The van der Waals surface area contributed by atoms with Gasteiger partial charge in [-0.2, -0.15) is 0 Å². The number of thiazole rings is 1. The van der Waals surface area contributed by atoms with E-state index in [1.165, 1.54) is 35.5 Å². The topological polar surface area (TPSA) is 266 Å². The van der Waals surface area contributed by atoms with Crippen molar-refractivity contribution < 1.29 is 40.8 Å². The molecule has 4 rings (SSSR count). The molecule has 0 saturated carbocycles. The number of carbonyl (C=O) groups excluding carboxylic acids is 2. The molecule has 1 aromatic heterocycles. The average molecular weight is 566 g/mol. The number of amides is 2. The van der Waals surface area contributed by atoms with Crippen molar-refractivity contribution in [2.75, 3.05) is 37.4 Å². The van der Waals surface area contributed by atoms with Crippen LogP contribution in [-0.2, 0) is 19.2 Å². The fourth-order valence-corrected chi connectivity index (χ4v) is 6.42. The molecule has 4 heterocycles. The van der Waals surface area contributed by atoms with Gasteiger partial charge in [0.15, 0.2) is 16.0 Å². The van der Waals surface area contributed by atoms with E-state index in [9.17, 15) is 19.5 Å². The quantitative estimate of drug-likeness (QED) is 0.152. The average Bonchev–Trinajstić information content (AvgIpc) is 3.25. The van der Waals surface area contributed by atoms with Gasteiger partial charge in [0.05, 0.1) is 0 Å². The molecule has 0 unspecified atom stereocenters. The Labute approximate surface area is 217 Å². The number of carbonyl (C=O) groups is 3. The zero-order valence-electron chi connectivity index (χ0n) is 18.9. The Morgan fingerprint density at radius 3 is 2.75 bits per heavy atom. The number of hydrogen-bond acceptors (Lipinski definition) is 12. The van der Waals surface area contributed by atoms with Gasteiger partial charge in [0.1, 0.15) is 29.9 Å². The highest BCUT2D eigenvalue weighted by atomic mass is 32.2. The van der Waals surface area contributed by atoms with E-state index in [0.717, 1.165) is 36.0 Å². The zero-order valence-corrected chi connectivity index (χ0v) is 21.4. The molecule has 200 valence electrons. The van der Waals surface area contributed by atoms with E-state index in [1.54, 1.807) is 5.38 Å². The largest absolute Gasteiger partial charge is 0.477 e. The number of nitrogens with two attached hydrogens (primary N) is 1. The molecule has 15 nitrogen and oxygen atoms in total. The first kappa shape index (κ1) is 31.1. The summed E-state index contributed by atoms with van der Waals surface area (Å²) in [5, 5.41) is 21.4. The number of oxime groups is 1. The van der Waals surface area contributed by atoms with Crippen LogP contribution >= 0.6 is 34.9 Å². The fourth-order valence-electron chi connectivity index (χ4n) is 3.46. The smallest absolute Gasteiger partial charge is 0.352 e. The third kappa shape index (κ3) is 6.26. The molecule has 0 spiro atoms. The van der Waals surface area contributed by atoms with E-state index >= 15 is 0 Å². The number of carboxylic acids is 1. The third-order valence-corrected chi connectivity index (χ3v) is 8.00. The van der Waals surface area contributed by atoms with Crippen molar-refractivity contribution in [1.29, 1.82) is 0 Å². The van der Waals surface area contributed by atoms with Crippen molar-refractivity contribution in [2.45, 2.75) is 17.8 Å². The Balaban J connectivity index is 0.00000216. The van der Waals surface area contributed by atoms with Gasteiger partial charge in [0.2, 0.25) is 0 Å². The molecule has 3 aliphatic heterocycles. The summed E-state index contributed by atoms with van der Waals surface area (Å²) in [7, 11) is 1.29. The maximum absolute atomic E-state index is 12.9. The first-order valence-electron chi connectivity index (χ1n) is 9.85. The van der Waals surface area contributed by atoms with Crippen LogP contribution in [0.25, 0.3) is 0 Å². The Morgan fingerprint density at radius 2 is 2.17 bits per heavy atom. The molecule has 1 fully saturated rings. The maximum Gasteiger partial charge on any atom is 0.352 e. The lowest BCUT2D eigenvalue weighted by Crippen LogP contribution is -2.71. The second-order valence-corrected chi connectivity index (χ2v) is 10.0. The maximum atomic E-state index is 12.9. The Hall–Kier alpha value is -2.90. The van der Waals surface area contributed by atoms with E-state index in [-0.39, 0.29) is 38.7 Å². The van der Waals surface area contributed by atoms with Crippen LogP contribution in [0.1, 0.15) is 12.1 Å². The number of aliphatic imine (C=N–C) groups is 1. The van der Waals surface area contributed by atoms with Crippen LogP contribution in [-0.4, -0.2) is 103 Å². The summed E-state index contributed by atoms with van der Waals surface area (Å²) in [6.45, 7) is 1.58. The van der Waals surface area contributed by atoms with Crippen LogP contribution in [0.15, 0.2) is 26.8 Å². The Bertz CT molecular complexity index is 1080. The van der Waals surface area contributed by atoms with E-state index in [4.69, 9.17) is 10.6 Å². The second-order valence-electron chi connectivity index (χ2n) is 7.07. The number of anilines is 1. The zero-order chi connectivity index (χ0) is 23.5. The van der Waals surface area contributed by atoms with E-state index in [0.29, 0.717) is 17.1 Å². The minimum absolute atomic E-state index is 0. The number of β-lactam (4-membered cyclic amide) rings is 1. The fraction of sp³-hybridized carbons (Fsp3) is 0.444.